The molecule has 0 aliphatic carbocycles. The molecule has 2 aromatic rings. The molecule has 1 aliphatic rings. The number of halogens is 1. The minimum Gasteiger partial charge on any atom is -0.497 e. The third-order valence-electron chi connectivity index (χ3n) is 3.41. The number of hydrogen-bond acceptors (Lipinski definition) is 4. The van der Waals surface area contributed by atoms with Gasteiger partial charge in [-0.05, 0) is 42.0 Å². The monoisotopic (exact) mass is 365 g/mol. The first-order valence-electron chi connectivity index (χ1n) is 6.67. The van der Waals surface area contributed by atoms with Gasteiger partial charge in [-0.15, -0.1) is 11.8 Å². The molecule has 0 spiro atoms. The lowest BCUT2D eigenvalue weighted by atomic mass is 10.1. The molecule has 5 heteroatoms. The van der Waals surface area contributed by atoms with Crippen LogP contribution < -0.4 is 15.2 Å². The van der Waals surface area contributed by atoms with Gasteiger partial charge in [-0.3, -0.25) is 0 Å². The summed E-state index contributed by atoms with van der Waals surface area (Å²) >= 11 is 5.20. The Labute approximate surface area is 137 Å². The summed E-state index contributed by atoms with van der Waals surface area (Å²) in [6.45, 7) is 0. The average molecular weight is 366 g/mol. The van der Waals surface area contributed by atoms with Crippen molar-refractivity contribution in [1.82, 2.24) is 0 Å². The fourth-order valence-electron chi connectivity index (χ4n) is 2.33. The molecule has 0 radical (unpaired) electrons. The largest absolute Gasteiger partial charge is 0.497 e. The molecule has 3 rings (SSSR count). The summed E-state index contributed by atoms with van der Waals surface area (Å²) in [5.74, 6) is 2.68. The predicted molar refractivity (Wildman–Crippen MR) is 90.4 cm³/mol. The first-order valence-corrected chi connectivity index (χ1v) is 8.45. The van der Waals surface area contributed by atoms with Crippen molar-refractivity contribution in [3.05, 3.63) is 46.4 Å². The fraction of sp³-hybridized carbons (Fsp3) is 0.250. The maximum Gasteiger partial charge on any atom is 0.123 e. The average Bonchev–Trinajstić information content (AvgIpc) is 2.88. The van der Waals surface area contributed by atoms with E-state index in [-0.39, 0.29) is 6.10 Å². The van der Waals surface area contributed by atoms with E-state index in [1.165, 1.54) is 5.56 Å². The van der Waals surface area contributed by atoms with Gasteiger partial charge in [0.15, 0.2) is 0 Å². The zero-order valence-electron chi connectivity index (χ0n) is 11.6. The maximum atomic E-state index is 6.01. The molecular formula is C16H16BrNO2S. The van der Waals surface area contributed by atoms with Crippen molar-refractivity contribution in [2.24, 2.45) is 0 Å². The lowest BCUT2D eigenvalue weighted by Crippen LogP contribution is -2.15. The Balaban J connectivity index is 1.65. The first-order chi connectivity index (χ1) is 10.2. The van der Waals surface area contributed by atoms with E-state index in [9.17, 15) is 0 Å². The van der Waals surface area contributed by atoms with Crippen LogP contribution in [-0.2, 0) is 6.42 Å². The second-order valence-electron chi connectivity index (χ2n) is 4.91. The van der Waals surface area contributed by atoms with Gasteiger partial charge >= 0.3 is 0 Å². The Morgan fingerprint density at radius 1 is 1.33 bits per heavy atom. The van der Waals surface area contributed by atoms with E-state index in [0.29, 0.717) is 0 Å². The quantitative estimate of drug-likeness (QED) is 0.653. The molecule has 21 heavy (non-hydrogen) atoms. The number of nitrogens with two attached hydrogens (primary N) is 1. The van der Waals surface area contributed by atoms with Crippen molar-refractivity contribution < 1.29 is 9.47 Å². The summed E-state index contributed by atoms with van der Waals surface area (Å²) in [4.78, 5) is 1.04. The molecule has 110 valence electrons. The molecule has 0 amide bonds. The standard InChI is InChI=1S/C16H16BrNO2S/c1-19-12-3-4-14(18)16(8-12)21-9-13-7-10-6-11(17)2-5-15(10)20-13/h2-6,8,13H,7,9,18H2,1H3. The molecule has 1 heterocycles. The normalized spacial score (nSPS) is 16.4. The molecule has 1 aliphatic heterocycles. The van der Waals surface area contributed by atoms with Gasteiger partial charge in [0.25, 0.3) is 0 Å². The van der Waals surface area contributed by atoms with Crippen LogP contribution in [0.2, 0.25) is 0 Å². The number of hydrogen-bond donors (Lipinski definition) is 1. The van der Waals surface area contributed by atoms with Gasteiger partial charge in [0.2, 0.25) is 0 Å². The van der Waals surface area contributed by atoms with E-state index in [0.717, 1.165) is 38.7 Å². The summed E-state index contributed by atoms with van der Waals surface area (Å²) in [7, 11) is 1.66. The zero-order valence-corrected chi connectivity index (χ0v) is 14.0. The van der Waals surface area contributed by atoms with Crippen molar-refractivity contribution >= 4 is 33.4 Å². The van der Waals surface area contributed by atoms with Crippen molar-refractivity contribution in [3.8, 4) is 11.5 Å². The summed E-state index contributed by atoms with van der Waals surface area (Å²) in [6, 6.07) is 11.9. The minimum absolute atomic E-state index is 0.185. The molecule has 1 unspecified atom stereocenters. The maximum absolute atomic E-state index is 6.01. The number of benzene rings is 2. The smallest absolute Gasteiger partial charge is 0.123 e. The zero-order chi connectivity index (χ0) is 14.8. The first kappa shape index (κ1) is 14.6. The van der Waals surface area contributed by atoms with Gasteiger partial charge < -0.3 is 15.2 Å². The van der Waals surface area contributed by atoms with E-state index in [4.69, 9.17) is 15.2 Å². The van der Waals surface area contributed by atoms with Gasteiger partial charge in [-0.1, -0.05) is 15.9 Å². The fourth-order valence-corrected chi connectivity index (χ4v) is 3.73. The molecule has 0 fully saturated rings. The topological polar surface area (TPSA) is 44.5 Å². The number of ether oxygens (including phenoxy) is 2. The molecule has 2 N–H and O–H groups in total. The highest BCUT2D eigenvalue weighted by molar-refractivity contribution is 9.10. The predicted octanol–water partition coefficient (Wildman–Crippen LogP) is 4.14. The number of nitrogen functional groups attached to an aromatic ring is 1. The second kappa shape index (κ2) is 6.20. The van der Waals surface area contributed by atoms with Crippen molar-refractivity contribution in [3.63, 3.8) is 0 Å². The Hall–Kier alpha value is -1.33. The Morgan fingerprint density at radius 3 is 3.00 bits per heavy atom. The van der Waals surface area contributed by atoms with Crippen LogP contribution in [0.15, 0.2) is 45.8 Å². The number of rotatable bonds is 4. The van der Waals surface area contributed by atoms with Crippen LogP contribution in [0, 0.1) is 0 Å². The highest BCUT2D eigenvalue weighted by Crippen LogP contribution is 2.35. The highest BCUT2D eigenvalue weighted by atomic mass is 79.9. The van der Waals surface area contributed by atoms with Gasteiger partial charge in [0.05, 0.1) is 7.11 Å². The lowest BCUT2D eigenvalue weighted by molar-refractivity contribution is 0.259. The van der Waals surface area contributed by atoms with E-state index >= 15 is 0 Å². The molecule has 0 saturated carbocycles. The Kier molecular flexibility index (Phi) is 4.31. The lowest BCUT2D eigenvalue weighted by Gasteiger charge is -2.12. The summed E-state index contributed by atoms with van der Waals surface area (Å²) in [5, 5.41) is 0. The molecular weight excluding hydrogens is 350 g/mol. The van der Waals surface area contributed by atoms with Crippen molar-refractivity contribution in [2.45, 2.75) is 17.4 Å². The highest BCUT2D eigenvalue weighted by Gasteiger charge is 2.23. The third kappa shape index (κ3) is 3.30. The second-order valence-corrected chi connectivity index (χ2v) is 6.89. The van der Waals surface area contributed by atoms with Gasteiger partial charge in [0, 0.05) is 27.2 Å². The van der Waals surface area contributed by atoms with Gasteiger partial charge in [0.1, 0.15) is 17.6 Å². The molecule has 1 atom stereocenters. The van der Waals surface area contributed by atoms with Crippen LogP contribution in [0.3, 0.4) is 0 Å². The van der Waals surface area contributed by atoms with Crippen molar-refractivity contribution in [1.29, 1.82) is 0 Å². The van der Waals surface area contributed by atoms with Crippen LogP contribution in [0.5, 0.6) is 11.5 Å². The van der Waals surface area contributed by atoms with Gasteiger partial charge in [-0.2, -0.15) is 0 Å². The van der Waals surface area contributed by atoms with Crippen molar-refractivity contribution in [2.75, 3.05) is 18.6 Å². The van der Waals surface area contributed by atoms with E-state index < -0.39 is 0 Å². The summed E-state index contributed by atoms with van der Waals surface area (Å²) in [5.41, 5.74) is 8.04. The number of methoxy groups -OCH3 is 1. The summed E-state index contributed by atoms with van der Waals surface area (Å²) in [6.07, 6.45) is 1.12. The molecule has 0 aromatic heterocycles. The van der Waals surface area contributed by atoms with Crippen LogP contribution in [0.25, 0.3) is 0 Å². The Bertz CT molecular complexity index is 663. The number of fused-ring (bicyclic) bond motifs is 1. The van der Waals surface area contributed by atoms with Crippen LogP contribution >= 0.6 is 27.7 Å². The Morgan fingerprint density at radius 2 is 2.19 bits per heavy atom. The molecule has 0 saturated heterocycles. The third-order valence-corrected chi connectivity index (χ3v) is 5.11. The SMILES string of the molecule is COc1ccc(N)c(SCC2Cc3cc(Br)ccc3O2)c1. The van der Waals surface area contributed by atoms with Gasteiger partial charge in [-0.25, -0.2) is 0 Å². The molecule has 2 aromatic carbocycles. The van der Waals surface area contributed by atoms with E-state index in [2.05, 4.69) is 22.0 Å². The molecule has 0 bridgehead atoms. The van der Waals surface area contributed by atoms with Crippen LogP contribution in [-0.4, -0.2) is 19.0 Å². The molecule has 3 nitrogen and oxygen atoms in total. The van der Waals surface area contributed by atoms with E-state index in [1.807, 2.05) is 30.3 Å². The summed E-state index contributed by atoms with van der Waals surface area (Å²) < 4.78 is 12.3. The number of thioether (sulfide) groups is 1. The minimum atomic E-state index is 0.185. The van der Waals surface area contributed by atoms with E-state index in [1.54, 1.807) is 18.9 Å². The van der Waals surface area contributed by atoms with Crippen LogP contribution in [0.1, 0.15) is 5.56 Å². The van der Waals surface area contributed by atoms with Crippen LogP contribution in [0.4, 0.5) is 5.69 Å². The number of anilines is 1.